The number of nitrogens with one attached hydrogen (secondary N) is 1. The number of ether oxygens (including phenoxy) is 2. The number of rotatable bonds is 8. The van der Waals surface area contributed by atoms with Crippen molar-refractivity contribution in [2.45, 2.75) is 64.7 Å². The first kappa shape index (κ1) is 32.8. The summed E-state index contributed by atoms with van der Waals surface area (Å²) in [6, 6.07) is 36.9. The van der Waals surface area contributed by atoms with Crippen LogP contribution >= 0.6 is 0 Å². The van der Waals surface area contributed by atoms with E-state index in [0.717, 1.165) is 27.6 Å². The van der Waals surface area contributed by atoms with Gasteiger partial charge in [0, 0.05) is 18.5 Å². The minimum absolute atomic E-state index is 0.0336. The fraction of sp³-hybridized carbons (Fsp3) is 0.325. The number of aromatic nitrogens is 2. The highest BCUT2D eigenvalue weighted by atomic mass is 16.6. The molecule has 1 unspecified atom stereocenters. The molecule has 8 nitrogen and oxygen atoms in total. The van der Waals surface area contributed by atoms with Gasteiger partial charge >= 0.3 is 6.09 Å². The third-order valence-electron chi connectivity index (χ3n) is 8.60. The highest BCUT2D eigenvalue weighted by molar-refractivity contribution is 6.01. The van der Waals surface area contributed by atoms with Crippen LogP contribution in [0.25, 0.3) is 10.9 Å². The number of likely N-dealkylation sites (tertiary alicyclic amines) is 1. The van der Waals surface area contributed by atoms with Crippen molar-refractivity contribution in [2.24, 2.45) is 5.92 Å². The van der Waals surface area contributed by atoms with Gasteiger partial charge in [0.05, 0.1) is 17.5 Å². The molecule has 0 radical (unpaired) electrons. The lowest BCUT2D eigenvalue weighted by atomic mass is 9.77. The Labute approximate surface area is 282 Å². The Morgan fingerprint density at radius 2 is 1.40 bits per heavy atom. The predicted molar refractivity (Wildman–Crippen MR) is 189 cm³/mol. The van der Waals surface area contributed by atoms with Crippen molar-refractivity contribution in [1.29, 1.82) is 0 Å². The largest absolute Gasteiger partial charge is 0.491 e. The van der Waals surface area contributed by atoms with Crippen molar-refractivity contribution in [3.05, 3.63) is 126 Å². The molecule has 5 aromatic rings. The molecule has 6 rings (SSSR count). The molecule has 248 valence electrons. The zero-order chi connectivity index (χ0) is 33.9. The second-order valence-electron chi connectivity index (χ2n) is 13.7. The molecule has 8 heteroatoms. The summed E-state index contributed by atoms with van der Waals surface area (Å²) in [7, 11) is 0. The molecule has 2 heterocycles. The average molecular weight is 645 g/mol. The Kier molecular flexibility index (Phi) is 9.27. The summed E-state index contributed by atoms with van der Waals surface area (Å²) in [5, 5.41) is 9.22. The van der Waals surface area contributed by atoms with Gasteiger partial charge < -0.3 is 19.7 Å². The van der Waals surface area contributed by atoms with Crippen LogP contribution in [0.4, 0.5) is 10.6 Å². The molecule has 2 amide bonds. The number of nitrogens with zero attached hydrogens (tertiary/aromatic N) is 3. The van der Waals surface area contributed by atoms with Gasteiger partial charge in [-0.25, -0.2) is 9.48 Å². The third kappa shape index (κ3) is 6.65. The Morgan fingerprint density at radius 3 is 1.92 bits per heavy atom. The molecule has 1 atom stereocenters. The lowest BCUT2D eigenvalue weighted by Gasteiger charge is -2.37. The van der Waals surface area contributed by atoms with Crippen molar-refractivity contribution in [3.8, 4) is 5.75 Å². The fourth-order valence-electron chi connectivity index (χ4n) is 6.60. The smallest absolute Gasteiger partial charge is 0.410 e. The standard InChI is InChI=1S/C40H44N4O4/c1-28(2)47-33-23-24-35-34(26-33)36(41-37(45)29-16-15-25-43(27-29)38(46)48-39(3,4)5)42-44(35)40(30-17-9-6-10-18-30,31-19-11-7-12-20-31)32-21-13-8-14-22-32/h6-14,17-24,26,28-29H,15-16,25,27H2,1-5H3,(H,41,42,45). The van der Waals surface area contributed by atoms with Gasteiger partial charge in [-0.3, -0.25) is 4.79 Å². The van der Waals surface area contributed by atoms with Crippen molar-refractivity contribution in [1.82, 2.24) is 14.7 Å². The molecular formula is C40H44N4O4. The van der Waals surface area contributed by atoms with E-state index in [2.05, 4.69) is 41.7 Å². The minimum Gasteiger partial charge on any atom is -0.491 e. The molecule has 0 spiro atoms. The third-order valence-corrected chi connectivity index (χ3v) is 8.60. The van der Waals surface area contributed by atoms with E-state index in [1.165, 1.54) is 0 Å². The zero-order valence-corrected chi connectivity index (χ0v) is 28.4. The topological polar surface area (TPSA) is 85.7 Å². The molecule has 0 aliphatic carbocycles. The Hall–Kier alpha value is -5.11. The van der Waals surface area contributed by atoms with Crippen LogP contribution in [0.15, 0.2) is 109 Å². The summed E-state index contributed by atoms with van der Waals surface area (Å²) in [5.41, 5.74) is 2.39. The van der Waals surface area contributed by atoms with Crippen molar-refractivity contribution >= 4 is 28.7 Å². The van der Waals surface area contributed by atoms with Crippen LogP contribution < -0.4 is 10.1 Å². The van der Waals surface area contributed by atoms with E-state index in [-0.39, 0.29) is 18.6 Å². The summed E-state index contributed by atoms with van der Waals surface area (Å²) in [6.07, 6.45) is 0.933. The highest BCUT2D eigenvalue weighted by Gasteiger charge is 2.41. The lowest BCUT2D eigenvalue weighted by molar-refractivity contribution is -0.121. The number of carbonyl (C=O) groups excluding carboxylic acids is 2. The summed E-state index contributed by atoms with van der Waals surface area (Å²) < 4.78 is 13.8. The van der Waals surface area contributed by atoms with Crippen LogP contribution in [0.3, 0.4) is 0 Å². The molecule has 1 aromatic heterocycles. The van der Waals surface area contributed by atoms with Crippen LogP contribution in [0.5, 0.6) is 5.75 Å². The molecule has 48 heavy (non-hydrogen) atoms. The van der Waals surface area contributed by atoms with Gasteiger partial charge in [-0.2, -0.15) is 5.10 Å². The van der Waals surface area contributed by atoms with Crippen molar-refractivity contribution in [3.63, 3.8) is 0 Å². The highest BCUT2D eigenvalue weighted by Crippen LogP contribution is 2.44. The normalized spacial score (nSPS) is 15.4. The van der Waals surface area contributed by atoms with Crippen LogP contribution in [0.1, 0.15) is 64.2 Å². The average Bonchev–Trinajstić information content (AvgIpc) is 3.43. The number of fused-ring (bicyclic) bond motifs is 1. The fourth-order valence-corrected chi connectivity index (χ4v) is 6.60. The molecule has 1 aliphatic heterocycles. The summed E-state index contributed by atoms with van der Waals surface area (Å²) in [4.78, 5) is 28.6. The van der Waals surface area contributed by atoms with E-state index >= 15 is 0 Å². The number of hydrogen-bond acceptors (Lipinski definition) is 5. The predicted octanol–water partition coefficient (Wildman–Crippen LogP) is 8.25. The SMILES string of the molecule is CC(C)Oc1ccc2c(c1)c(NC(=O)C1CCCN(C(=O)OC(C)(C)C)C1)nn2C(c1ccccc1)(c1ccccc1)c1ccccc1. The van der Waals surface area contributed by atoms with Crippen LogP contribution in [0, 0.1) is 5.92 Å². The zero-order valence-electron chi connectivity index (χ0n) is 28.4. The van der Waals surface area contributed by atoms with Crippen LogP contribution in [-0.2, 0) is 15.1 Å². The van der Waals surface area contributed by atoms with Gasteiger partial charge in [-0.15, -0.1) is 0 Å². The van der Waals surface area contributed by atoms with E-state index in [0.29, 0.717) is 31.0 Å². The molecule has 0 bridgehead atoms. The minimum atomic E-state index is -0.885. The van der Waals surface area contributed by atoms with E-state index in [9.17, 15) is 9.59 Å². The first-order valence-corrected chi connectivity index (χ1v) is 16.7. The van der Waals surface area contributed by atoms with E-state index in [1.807, 2.05) is 112 Å². The quantitative estimate of drug-likeness (QED) is 0.172. The monoisotopic (exact) mass is 644 g/mol. The maximum absolute atomic E-state index is 14.0. The Morgan fingerprint density at radius 1 is 0.833 bits per heavy atom. The van der Waals surface area contributed by atoms with Crippen molar-refractivity contribution in [2.75, 3.05) is 18.4 Å². The second kappa shape index (κ2) is 13.6. The Bertz CT molecular complexity index is 1770. The number of anilines is 1. The summed E-state index contributed by atoms with van der Waals surface area (Å²) in [5.74, 6) is 0.523. The molecule has 1 N–H and O–H groups in total. The lowest BCUT2D eigenvalue weighted by Crippen LogP contribution is -2.45. The van der Waals surface area contributed by atoms with E-state index in [4.69, 9.17) is 14.6 Å². The summed E-state index contributed by atoms with van der Waals surface area (Å²) in [6.45, 7) is 10.3. The first-order valence-electron chi connectivity index (χ1n) is 16.7. The molecule has 4 aromatic carbocycles. The number of piperidine rings is 1. The maximum atomic E-state index is 14.0. The number of hydrogen-bond donors (Lipinski definition) is 1. The molecular weight excluding hydrogens is 600 g/mol. The van der Waals surface area contributed by atoms with Gasteiger partial charge in [0.15, 0.2) is 5.82 Å². The number of amides is 2. The first-order chi connectivity index (χ1) is 23.1. The molecule has 1 aliphatic rings. The van der Waals surface area contributed by atoms with E-state index < -0.39 is 23.2 Å². The number of carbonyl (C=O) groups is 2. The van der Waals surface area contributed by atoms with E-state index in [1.54, 1.807) is 4.90 Å². The maximum Gasteiger partial charge on any atom is 0.410 e. The molecule has 1 fully saturated rings. The van der Waals surface area contributed by atoms with Gasteiger partial charge in [-0.1, -0.05) is 91.0 Å². The van der Waals surface area contributed by atoms with Gasteiger partial charge in [0.1, 0.15) is 16.9 Å². The Balaban J connectivity index is 1.50. The van der Waals surface area contributed by atoms with Gasteiger partial charge in [0.2, 0.25) is 5.91 Å². The van der Waals surface area contributed by atoms with Crippen molar-refractivity contribution < 1.29 is 19.1 Å². The second-order valence-corrected chi connectivity index (χ2v) is 13.7. The van der Waals surface area contributed by atoms with Gasteiger partial charge in [0.25, 0.3) is 0 Å². The molecule has 1 saturated heterocycles. The van der Waals surface area contributed by atoms with Crippen LogP contribution in [0.2, 0.25) is 0 Å². The van der Waals surface area contributed by atoms with Crippen LogP contribution in [-0.4, -0.2) is 51.5 Å². The molecule has 0 saturated carbocycles. The number of benzene rings is 4. The summed E-state index contributed by atoms with van der Waals surface area (Å²) >= 11 is 0. The van der Waals surface area contributed by atoms with Gasteiger partial charge in [-0.05, 0) is 82.3 Å².